The van der Waals surface area contributed by atoms with Gasteiger partial charge in [-0.2, -0.15) is 10.4 Å². The summed E-state index contributed by atoms with van der Waals surface area (Å²) in [5.41, 5.74) is -13.3. The Morgan fingerprint density at radius 3 is 1.26 bits per heavy atom. The molecule has 0 aliphatic rings. The number of nitrogens with one attached hydrogen (secondary N) is 1. The second-order valence-electron chi connectivity index (χ2n) is 14.0. The lowest BCUT2D eigenvalue weighted by Gasteiger charge is -2.56. The highest BCUT2D eigenvalue weighted by molar-refractivity contribution is 5.99. The van der Waals surface area contributed by atoms with Gasteiger partial charge in [-0.3, -0.25) is 29.7 Å². The third-order valence-corrected chi connectivity index (χ3v) is 9.45. The molecule has 0 aromatic carbocycles. The normalized spacial score (nSPS) is 22.7. The van der Waals surface area contributed by atoms with E-state index in [1.165, 1.54) is 0 Å². The quantitative estimate of drug-likeness (QED) is 0.0174. The molecule has 0 rings (SSSR count). The molecule has 0 bridgehead atoms. The summed E-state index contributed by atoms with van der Waals surface area (Å²) in [5.74, 6) is -11.5. The Balaban J connectivity index is 9.91. The second kappa shape index (κ2) is 25.4. The summed E-state index contributed by atoms with van der Waals surface area (Å²) >= 11 is 0. The smallest absolute Gasteiger partial charge is 0.276 e. The van der Waals surface area contributed by atoms with E-state index in [0.717, 1.165) is 5.43 Å². The minimum absolute atomic E-state index is 0.878. The number of hydrazine groups is 3. The molecule has 382 valence electrons. The summed E-state index contributed by atoms with van der Waals surface area (Å²) in [6.07, 6.45) is -47.6. The molecule has 0 aromatic heterocycles. The fourth-order valence-corrected chi connectivity index (χ4v) is 5.22. The molecule has 0 unspecified atom stereocenters. The summed E-state index contributed by atoms with van der Waals surface area (Å²) in [6.45, 7) is -13.4. The van der Waals surface area contributed by atoms with Crippen molar-refractivity contribution < 1.29 is 152 Å². The zero-order valence-electron chi connectivity index (χ0n) is 33.3. The topological polar surface area (TPSA) is 639 Å². The van der Waals surface area contributed by atoms with Crippen LogP contribution < -0.4 is 11.2 Å². The van der Waals surface area contributed by atoms with Crippen molar-refractivity contribution in [3.63, 3.8) is 0 Å². The summed E-state index contributed by atoms with van der Waals surface area (Å²) in [4.78, 5) is 69.2. The molecule has 2 amide bonds. The predicted molar refractivity (Wildman–Crippen MR) is 192 cm³/mol. The highest BCUT2D eigenvalue weighted by Crippen LogP contribution is 2.34. The average Bonchev–Trinajstić information content (AvgIpc) is 3.31. The first-order valence-corrected chi connectivity index (χ1v) is 18.1. The first-order valence-electron chi connectivity index (χ1n) is 18.1. The first kappa shape index (κ1) is 62.0. The van der Waals surface area contributed by atoms with Gasteiger partial charge in [-0.25, -0.2) is 0 Å². The number of amides is 2. The van der Waals surface area contributed by atoms with Gasteiger partial charge in [0.05, 0.1) is 39.6 Å². The highest BCUT2D eigenvalue weighted by Gasteiger charge is 2.67. The van der Waals surface area contributed by atoms with Crippen molar-refractivity contribution >= 4 is 29.7 Å². The minimum Gasteiger partial charge on any atom is -0.394 e. The number of aldehydes is 1. The lowest BCUT2D eigenvalue weighted by atomic mass is 9.92. The maximum atomic E-state index is 14.4. The molecule has 0 aliphatic carbocycles. The SMILES string of the molecule is N[C@@](O)(CO)[C@@](O)(NN(N(N(C(=O)[C@@H](O)[C@@H](O)[C@H](O)[C@H](O)CO)C(=O)[C@@H](O)[C@@H](O)[C@H](O)[C@H](O)CO)[C@](O)(C=O)[C@@H](O)[C@H](O)[C@H](O)CO)[C@](O)(C(=O)CO)[C@H](O)[C@H](O)CO)C(=O)[C@H](O)CO. The van der Waals surface area contributed by atoms with Crippen molar-refractivity contribution in [3.05, 3.63) is 0 Å². The minimum atomic E-state index is -5.16. The largest absolute Gasteiger partial charge is 0.394 e. The molecule has 0 fully saturated rings. The third-order valence-electron chi connectivity index (χ3n) is 9.45. The molecule has 35 heteroatoms. The van der Waals surface area contributed by atoms with Gasteiger partial charge >= 0.3 is 0 Å². The Labute approximate surface area is 362 Å². The van der Waals surface area contributed by atoms with Crippen LogP contribution in [0.25, 0.3) is 0 Å². The number of rotatable bonds is 31. The molecule has 0 heterocycles. The van der Waals surface area contributed by atoms with Crippen molar-refractivity contribution in [2.75, 3.05) is 46.2 Å². The van der Waals surface area contributed by atoms with E-state index in [0.29, 0.717) is 0 Å². The van der Waals surface area contributed by atoms with Gasteiger partial charge in [0.2, 0.25) is 28.7 Å². The van der Waals surface area contributed by atoms with E-state index in [2.05, 4.69) is 0 Å². The number of imide groups is 1. The van der Waals surface area contributed by atoms with Crippen LogP contribution in [0, 0.1) is 0 Å². The van der Waals surface area contributed by atoms with Gasteiger partial charge in [0.25, 0.3) is 11.8 Å². The molecule has 65 heavy (non-hydrogen) atoms. The van der Waals surface area contributed by atoms with Crippen LogP contribution >= 0.6 is 0 Å². The van der Waals surface area contributed by atoms with Gasteiger partial charge in [0.15, 0.2) is 24.2 Å². The maximum absolute atomic E-state index is 14.4. The predicted octanol–water partition coefficient (Wildman–Crippen LogP) is -19.7. The van der Waals surface area contributed by atoms with Crippen LogP contribution in [-0.4, -0.2) is 327 Å². The average molecular weight is 968 g/mol. The number of hydrogen-bond acceptors (Lipinski definition) is 34. The van der Waals surface area contributed by atoms with Crippen molar-refractivity contribution in [1.82, 2.24) is 20.7 Å². The van der Waals surface area contributed by atoms with Gasteiger partial charge < -0.3 is 128 Å². The van der Waals surface area contributed by atoms with Crippen LogP contribution in [-0.2, 0) is 24.0 Å². The van der Waals surface area contributed by atoms with Crippen molar-refractivity contribution in [3.8, 4) is 0 Å². The zero-order chi connectivity index (χ0) is 51.5. The lowest BCUT2D eigenvalue weighted by molar-refractivity contribution is -0.398. The first-order chi connectivity index (χ1) is 29.8. The van der Waals surface area contributed by atoms with E-state index in [9.17, 15) is 152 Å². The standard InChI is InChI=1S/C30H57N5O30/c31-28(63,8-43)30(65,23(58)13(48)5-40)32-34(29(64,14(49)6-41)22(57)12(47)4-39)35(27(62,7-42)24(59)17(52)11(46)3-38)33(25(60)20(55)18(53)15(50)9(44)1-36)26(61)21(56)19(54)16(51)10(45)2-37/h7,9-13,15-22,24,32,36-41,43-48,50-57,59,62-65H,1-6,8,31H2/t9-,10-,11-,12-,13-,15-,16-,17-,18+,19+,20+,21+,22-,24+,27+,28-,29+,30-/m1/s1. The third kappa shape index (κ3) is 12.8. The lowest BCUT2D eigenvalue weighted by Crippen LogP contribution is -2.88. The number of carbonyl (C=O) groups is 5. The molecule has 18 atom stereocenters. The fourth-order valence-electron chi connectivity index (χ4n) is 5.22. The van der Waals surface area contributed by atoms with E-state index in [-0.39, 0.29) is 0 Å². The van der Waals surface area contributed by atoms with E-state index in [1.807, 2.05) is 0 Å². The Bertz CT molecular complexity index is 1520. The van der Waals surface area contributed by atoms with E-state index < -0.39 is 200 Å². The summed E-state index contributed by atoms with van der Waals surface area (Å²) in [7, 11) is 0. The highest BCUT2D eigenvalue weighted by atomic mass is 16.5. The van der Waals surface area contributed by atoms with Crippen LogP contribution in [0.2, 0.25) is 0 Å². The van der Waals surface area contributed by atoms with Crippen LogP contribution in [0.15, 0.2) is 0 Å². The van der Waals surface area contributed by atoms with Crippen molar-refractivity contribution in [2.24, 2.45) is 5.73 Å². The number of hydrogen-bond donors (Lipinski definition) is 27. The van der Waals surface area contributed by atoms with Crippen LogP contribution in [0.3, 0.4) is 0 Å². The number of carbonyl (C=O) groups excluding carboxylic acids is 5. The summed E-state index contributed by atoms with van der Waals surface area (Å²) in [6, 6.07) is 0. The van der Waals surface area contributed by atoms with Gasteiger partial charge in [0, 0.05) is 0 Å². The fraction of sp³-hybridized carbons (Fsp3) is 0.833. The van der Waals surface area contributed by atoms with Crippen molar-refractivity contribution in [2.45, 2.75) is 108 Å². The number of ketones is 2. The Morgan fingerprint density at radius 2 is 0.938 bits per heavy atom. The summed E-state index contributed by atoms with van der Waals surface area (Å²) in [5, 5.41) is 257. The van der Waals surface area contributed by atoms with Crippen LogP contribution in [0.5, 0.6) is 0 Å². The van der Waals surface area contributed by atoms with Crippen molar-refractivity contribution in [1.29, 1.82) is 0 Å². The Morgan fingerprint density at radius 1 is 0.554 bits per heavy atom. The monoisotopic (exact) mass is 967 g/mol. The molecule has 0 saturated heterocycles. The zero-order valence-corrected chi connectivity index (χ0v) is 33.3. The number of aliphatic hydroxyl groups is 25. The van der Waals surface area contributed by atoms with Crippen LogP contribution in [0.1, 0.15) is 0 Å². The van der Waals surface area contributed by atoms with E-state index >= 15 is 0 Å². The Kier molecular flexibility index (Phi) is 24.2. The molecule has 0 spiro atoms. The maximum Gasteiger partial charge on any atom is 0.276 e. The Hall–Kier alpha value is -3.01. The number of nitrogens with two attached hydrogens (primary N) is 1. The molecule has 35 nitrogen and oxygen atoms in total. The molecule has 0 aliphatic heterocycles. The molecule has 28 N–H and O–H groups in total. The van der Waals surface area contributed by atoms with Gasteiger partial charge in [0.1, 0.15) is 79.9 Å². The summed E-state index contributed by atoms with van der Waals surface area (Å²) < 4.78 is 0. The van der Waals surface area contributed by atoms with Gasteiger partial charge in [-0.1, -0.05) is 5.12 Å². The molecule has 0 radical (unpaired) electrons. The second-order valence-corrected chi connectivity index (χ2v) is 14.0. The molecule has 0 aromatic rings. The number of aliphatic hydroxyl groups excluding tert-OH is 21. The molecular formula is C30H57N5O30. The number of nitrogens with zero attached hydrogens (tertiary/aromatic N) is 3. The number of Topliss-reactive ketones (excluding diaryl/α,β-unsaturated/α-hetero) is 2. The van der Waals surface area contributed by atoms with Crippen LogP contribution in [0.4, 0.5) is 0 Å². The molecular weight excluding hydrogens is 910 g/mol. The van der Waals surface area contributed by atoms with E-state index in [4.69, 9.17) is 5.73 Å². The van der Waals surface area contributed by atoms with Gasteiger partial charge in [-0.05, 0) is 0 Å². The van der Waals surface area contributed by atoms with E-state index in [1.54, 1.807) is 0 Å². The molecule has 0 saturated carbocycles. The van der Waals surface area contributed by atoms with Gasteiger partial charge in [-0.15, -0.1) is 5.12 Å².